The third-order valence-corrected chi connectivity index (χ3v) is 3.89. The highest BCUT2D eigenvalue weighted by molar-refractivity contribution is 14.0. The predicted molar refractivity (Wildman–Crippen MR) is 103 cm³/mol. The summed E-state index contributed by atoms with van der Waals surface area (Å²) in [6.45, 7) is 3.50. The van der Waals surface area contributed by atoms with E-state index in [0.29, 0.717) is 18.4 Å². The molecule has 7 heteroatoms. The topological polar surface area (TPSA) is 76.4 Å². The second-order valence-electron chi connectivity index (χ2n) is 4.81. The van der Waals surface area contributed by atoms with Gasteiger partial charge in [0.2, 0.25) is 5.89 Å². The monoisotopic (exact) mass is 434 g/mol. The van der Waals surface area contributed by atoms with Crippen LogP contribution < -0.4 is 11.1 Å². The molecule has 0 fully saturated rings. The number of rotatable bonds is 8. The van der Waals surface area contributed by atoms with Crippen molar-refractivity contribution in [1.29, 1.82) is 0 Å². The molecule has 0 unspecified atom stereocenters. The van der Waals surface area contributed by atoms with Gasteiger partial charge in [0.1, 0.15) is 12.0 Å². The van der Waals surface area contributed by atoms with Crippen molar-refractivity contribution in [2.24, 2.45) is 10.7 Å². The summed E-state index contributed by atoms with van der Waals surface area (Å²) in [6, 6.07) is 3.96. The molecule has 3 N–H and O–H groups in total. The Hall–Kier alpha value is -1.09. The van der Waals surface area contributed by atoms with E-state index < -0.39 is 0 Å². The number of hydrogen-bond donors (Lipinski definition) is 2. The van der Waals surface area contributed by atoms with Gasteiger partial charge in [-0.15, -0.1) is 35.3 Å². The molecule has 2 heterocycles. The molecule has 0 atom stereocenters. The third-order valence-electron chi connectivity index (χ3n) is 3.03. The summed E-state index contributed by atoms with van der Waals surface area (Å²) in [5.74, 6) is 1.11. The molecule has 0 radical (unpaired) electrons. The zero-order valence-corrected chi connectivity index (χ0v) is 15.9. The van der Waals surface area contributed by atoms with Gasteiger partial charge < -0.3 is 15.5 Å². The van der Waals surface area contributed by atoms with Gasteiger partial charge in [-0.05, 0) is 17.9 Å². The van der Waals surface area contributed by atoms with E-state index in [1.54, 1.807) is 17.6 Å². The van der Waals surface area contributed by atoms with Crippen molar-refractivity contribution >= 4 is 41.3 Å². The summed E-state index contributed by atoms with van der Waals surface area (Å²) in [5, 5.41) is 5.12. The quantitative estimate of drug-likeness (QED) is 0.285. The summed E-state index contributed by atoms with van der Waals surface area (Å²) in [6.07, 6.45) is 6.49. The lowest BCUT2D eigenvalue weighted by molar-refractivity contribution is 0.574. The number of unbranched alkanes of at least 4 members (excludes halogenated alkanes) is 3. The van der Waals surface area contributed by atoms with E-state index in [-0.39, 0.29) is 24.0 Å². The summed E-state index contributed by atoms with van der Waals surface area (Å²) < 4.78 is 5.44. The summed E-state index contributed by atoms with van der Waals surface area (Å²) in [7, 11) is 0. The van der Waals surface area contributed by atoms with Crippen LogP contribution in [0.15, 0.2) is 33.2 Å². The molecular formula is C15H23IN4OS. The Kier molecular flexibility index (Phi) is 9.14. The van der Waals surface area contributed by atoms with Crippen molar-refractivity contribution in [3.8, 4) is 10.8 Å². The lowest BCUT2D eigenvalue weighted by Gasteiger charge is -2.04. The van der Waals surface area contributed by atoms with Crippen molar-refractivity contribution in [1.82, 2.24) is 10.3 Å². The van der Waals surface area contributed by atoms with E-state index in [9.17, 15) is 0 Å². The van der Waals surface area contributed by atoms with E-state index in [1.165, 1.54) is 19.3 Å². The second-order valence-corrected chi connectivity index (χ2v) is 5.76. The first-order valence-electron chi connectivity index (χ1n) is 7.31. The van der Waals surface area contributed by atoms with Crippen molar-refractivity contribution < 1.29 is 4.42 Å². The number of nitrogens with two attached hydrogens (primary N) is 1. The van der Waals surface area contributed by atoms with Crippen LogP contribution in [0.4, 0.5) is 0 Å². The van der Waals surface area contributed by atoms with Crippen LogP contribution >= 0.6 is 35.3 Å². The van der Waals surface area contributed by atoms with Crippen LogP contribution in [0.5, 0.6) is 0 Å². The number of guanidine groups is 1. The van der Waals surface area contributed by atoms with E-state index in [1.807, 2.05) is 17.5 Å². The molecule has 0 aliphatic carbocycles. The van der Waals surface area contributed by atoms with Gasteiger partial charge in [0.15, 0.2) is 5.96 Å². The molecule has 2 rings (SSSR count). The SMILES string of the molecule is CCCCCCNC(N)=NCc1coc(-c2cccs2)n1.I. The zero-order valence-electron chi connectivity index (χ0n) is 12.7. The molecule has 2 aromatic heterocycles. The summed E-state index contributed by atoms with van der Waals surface area (Å²) in [5.41, 5.74) is 6.61. The van der Waals surface area contributed by atoms with E-state index in [0.717, 1.165) is 23.5 Å². The number of nitrogens with one attached hydrogen (secondary N) is 1. The van der Waals surface area contributed by atoms with E-state index in [4.69, 9.17) is 10.2 Å². The van der Waals surface area contributed by atoms with Crippen LogP contribution in [0.2, 0.25) is 0 Å². The van der Waals surface area contributed by atoms with Gasteiger partial charge in [0, 0.05) is 6.54 Å². The number of hydrogen-bond acceptors (Lipinski definition) is 4. The minimum atomic E-state index is 0. The van der Waals surface area contributed by atoms with Crippen LogP contribution in [-0.2, 0) is 6.54 Å². The highest BCUT2D eigenvalue weighted by Crippen LogP contribution is 2.23. The molecule has 0 saturated carbocycles. The van der Waals surface area contributed by atoms with Gasteiger partial charge in [-0.1, -0.05) is 32.3 Å². The van der Waals surface area contributed by atoms with Gasteiger partial charge in [-0.2, -0.15) is 0 Å². The van der Waals surface area contributed by atoms with Crippen molar-refractivity contribution in [3.05, 3.63) is 29.5 Å². The molecule has 0 amide bonds. The van der Waals surface area contributed by atoms with Crippen LogP contribution in [0, 0.1) is 0 Å². The normalized spacial score (nSPS) is 11.2. The fraction of sp³-hybridized carbons (Fsp3) is 0.467. The first-order valence-corrected chi connectivity index (χ1v) is 8.19. The van der Waals surface area contributed by atoms with E-state index in [2.05, 4.69) is 22.2 Å². The Morgan fingerprint density at radius 3 is 3.00 bits per heavy atom. The largest absolute Gasteiger partial charge is 0.443 e. The van der Waals surface area contributed by atoms with Gasteiger partial charge in [0.05, 0.1) is 11.4 Å². The molecule has 0 saturated heterocycles. The Labute approximate surface area is 152 Å². The molecule has 2 aromatic rings. The third kappa shape index (κ3) is 6.35. The predicted octanol–water partition coefficient (Wildman–Crippen LogP) is 4.01. The lowest BCUT2D eigenvalue weighted by atomic mass is 10.2. The number of thiophene rings is 1. The first-order chi connectivity index (χ1) is 10.3. The molecule has 5 nitrogen and oxygen atoms in total. The van der Waals surface area contributed by atoms with Crippen molar-refractivity contribution in [2.45, 2.75) is 39.2 Å². The average molecular weight is 434 g/mol. The highest BCUT2D eigenvalue weighted by Gasteiger charge is 2.06. The number of oxazole rings is 1. The number of nitrogens with zero attached hydrogens (tertiary/aromatic N) is 2. The van der Waals surface area contributed by atoms with E-state index >= 15 is 0 Å². The minimum Gasteiger partial charge on any atom is -0.443 e. The summed E-state index contributed by atoms with van der Waals surface area (Å²) >= 11 is 1.60. The van der Waals surface area contributed by atoms with Crippen LogP contribution in [0.1, 0.15) is 38.3 Å². The minimum absolute atomic E-state index is 0. The average Bonchev–Trinajstić information content (AvgIpc) is 3.15. The molecule has 0 aliphatic rings. The van der Waals surface area contributed by atoms with Gasteiger partial charge in [-0.3, -0.25) is 0 Å². The molecule has 22 heavy (non-hydrogen) atoms. The van der Waals surface area contributed by atoms with Crippen LogP contribution in [0.25, 0.3) is 10.8 Å². The first kappa shape index (κ1) is 19.0. The summed E-state index contributed by atoms with van der Waals surface area (Å²) in [4.78, 5) is 9.69. The number of halogens is 1. The van der Waals surface area contributed by atoms with Gasteiger partial charge in [-0.25, -0.2) is 9.98 Å². The number of aromatic nitrogens is 1. The Bertz CT molecular complexity index is 554. The second kappa shape index (κ2) is 10.6. The lowest BCUT2D eigenvalue weighted by Crippen LogP contribution is -2.32. The fourth-order valence-electron chi connectivity index (χ4n) is 1.88. The molecule has 122 valence electrons. The van der Waals surface area contributed by atoms with Crippen molar-refractivity contribution in [3.63, 3.8) is 0 Å². The molecule has 0 spiro atoms. The smallest absolute Gasteiger partial charge is 0.236 e. The fourth-order valence-corrected chi connectivity index (χ4v) is 2.54. The maximum atomic E-state index is 5.82. The molecular weight excluding hydrogens is 411 g/mol. The van der Waals surface area contributed by atoms with Crippen LogP contribution in [0.3, 0.4) is 0 Å². The highest BCUT2D eigenvalue weighted by atomic mass is 127. The standard InChI is InChI=1S/C15H22N4OS.HI/c1-2-3-4-5-8-17-15(16)18-10-12-11-20-14(19-12)13-7-6-9-21-13;/h6-7,9,11H,2-5,8,10H2,1H3,(H3,16,17,18);1H. The maximum absolute atomic E-state index is 5.82. The van der Waals surface area contributed by atoms with Crippen molar-refractivity contribution in [2.75, 3.05) is 6.54 Å². The molecule has 0 aromatic carbocycles. The Balaban J connectivity index is 0.00000242. The molecule has 0 aliphatic heterocycles. The number of aliphatic imine (C=N–C) groups is 1. The maximum Gasteiger partial charge on any atom is 0.236 e. The Morgan fingerprint density at radius 1 is 1.41 bits per heavy atom. The zero-order chi connectivity index (χ0) is 14.9. The van der Waals surface area contributed by atoms with Gasteiger partial charge >= 0.3 is 0 Å². The van der Waals surface area contributed by atoms with Gasteiger partial charge in [0.25, 0.3) is 0 Å². The van der Waals surface area contributed by atoms with Crippen LogP contribution in [-0.4, -0.2) is 17.5 Å². The molecule has 0 bridgehead atoms. The Morgan fingerprint density at radius 2 is 2.27 bits per heavy atom.